The lowest BCUT2D eigenvalue weighted by molar-refractivity contribution is -0.275. The number of alkyl halides is 3. The van der Waals surface area contributed by atoms with Crippen molar-refractivity contribution in [2.45, 2.75) is 19.3 Å². The minimum absolute atomic E-state index is 0.0101. The van der Waals surface area contributed by atoms with Crippen molar-refractivity contribution in [2.75, 3.05) is 0 Å². The molecule has 1 aromatic rings. The molecule has 0 saturated heterocycles. The van der Waals surface area contributed by atoms with Gasteiger partial charge in [0.15, 0.2) is 11.6 Å². The number of nitrogens with two attached hydrogens (primary N) is 1. The van der Waals surface area contributed by atoms with E-state index < -0.39 is 30.0 Å². The van der Waals surface area contributed by atoms with E-state index in [1.807, 2.05) is 0 Å². The summed E-state index contributed by atoms with van der Waals surface area (Å²) in [6.45, 7) is -0.188. The Labute approximate surface area is 93.6 Å². The molecule has 0 spiro atoms. The summed E-state index contributed by atoms with van der Waals surface area (Å²) in [7, 11) is 0. The Kier molecular flexibility index (Phi) is 3.85. The number of halogens is 4. The van der Waals surface area contributed by atoms with Crippen LogP contribution in [0, 0.1) is 17.1 Å². The Hall–Kier alpha value is -1.88. The number of ether oxygens (including phenoxy) is 1. The van der Waals surface area contributed by atoms with Gasteiger partial charge in [-0.3, -0.25) is 4.98 Å². The van der Waals surface area contributed by atoms with Crippen molar-refractivity contribution in [3.8, 4) is 11.8 Å². The van der Waals surface area contributed by atoms with Crippen LogP contribution in [0.25, 0.3) is 0 Å². The summed E-state index contributed by atoms with van der Waals surface area (Å²) in [5.41, 5.74) is 4.78. The van der Waals surface area contributed by atoms with E-state index in [0.717, 1.165) is 6.07 Å². The fraction of sp³-hybridized carbons (Fsp3) is 0.333. The van der Waals surface area contributed by atoms with Gasteiger partial charge in [0.1, 0.15) is 0 Å². The van der Waals surface area contributed by atoms with Crippen LogP contribution in [0.3, 0.4) is 0 Å². The van der Waals surface area contributed by atoms with E-state index in [0.29, 0.717) is 0 Å². The third-order valence-electron chi connectivity index (χ3n) is 1.73. The molecule has 2 N–H and O–H groups in total. The molecule has 0 saturated carbocycles. The highest BCUT2D eigenvalue weighted by Gasteiger charge is 2.33. The number of aromatic nitrogens is 1. The smallest absolute Gasteiger partial charge is 0.403 e. The minimum atomic E-state index is -5.02. The summed E-state index contributed by atoms with van der Waals surface area (Å²) in [6.07, 6.45) is -5.48. The Morgan fingerprint density at radius 2 is 2.12 bits per heavy atom. The van der Waals surface area contributed by atoms with Crippen molar-refractivity contribution in [1.29, 1.82) is 5.26 Å². The molecule has 0 aliphatic rings. The van der Waals surface area contributed by atoms with Gasteiger partial charge in [0, 0.05) is 12.6 Å². The van der Waals surface area contributed by atoms with Crippen molar-refractivity contribution < 1.29 is 22.3 Å². The maximum absolute atomic E-state index is 13.4. The Morgan fingerprint density at radius 3 is 2.59 bits per heavy atom. The standard InChI is InChI=1S/C9H7F4N3O/c10-8-6(1-2-14)16-5(4-15)3-7(8)17-9(11,12)13/h3H,1,4,15H2. The highest BCUT2D eigenvalue weighted by molar-refractivity contribution is 5.31. The van der Waals surface area contributed by atoms with Crippen LogP contribution in [0.2, 0.25) is 0 Å². The van der Waals surface area contributed by atoms with Gasteiger partial charge in [-0.05, 0) is 0 Å². The number of hydrogen-bond acceptors (Lipinski definition) is 4. The fourth-order valence-electron chi connectivity index (χ4n) is 1.11. The molecule has 1 rings (SSSR count). The molecule has 0 atom stereocenters. The van der Waals surface area contributed by atoms with Gasteiger partial charge in [0.25, 0.3) is 0 Å². The van der Waals surface area contributed by atoms with Crippen LogP contribution in [-0.2, 0) is 13.0 Å². The third kappa shape index (κ3) is 3.57. The molecule has 0 amide bonds. The minimum Gasteiger partial charge on any atom is -0.403 e. The van der Waals surface area contributed by atoms with Gasteiger partial charge in [-0.15, -0.1) is 13.2 Å². The lowest BCUT2D eigenvalue weighted by Crippen LogP contribution is -2.19. The van der Waals surface area contributed by atoms with E-state index in [9.17, 15) is 17.6 Å². The molecule has 0 bridgehead atoms. The molecule has 0 aliphatic heterocycles. The predicted octanol–water partition coefficient (Wildman–Crippen LogP) is 1.64. The van der Waals surface area contributed by atoms with Gasteiger partial charge < -0.3 is 10.5 Å². The van der Waals surface area contributed by atoms with Crippen LogP contribution in [0.4, 0.5) is 17.6 Å². The summed E-state index contributed by atoms with van der Waals surface area (Å²) in [5, 5.41) is 8.38. The quantitative estimate of drug-likeness (QED) is 0.826. The van der Waals surface area contributed by atoms with Gasteiger partial charge in [-0.1, -0.05) is 0 Å². The van der Waals surface area contributed by atoms with Crippen LogP contribution < -0.4 is 10.5 Å². The first kappa shape index (κ1) is 13.2. The molecule has 0 unspecified atom stereocenters. The summed E-state index contributed by atoms with van der Waals surface area (Å²) in [4.78, 5) is 3.60. The first-order chi connectivity index (χ1) is 7.87. The summed E-state index contributed by atoms with van der Waals surface area (Å²) in [6, 6.07) is 2.34. The first-order valence-electron chi connectivity index (χ1n) is 4.38. The number of nitrogens with zero attached hydrogens (tertiary/aromatic N) is 2. The molecule has 0 aliphatic carbocycles. The normalized spacial score (nSPS) is 11.1. The third-order valence-corrected chi connectivity index (χ3v) is 1.73. The second kappa shape index (κ2) is 4.97. The van der Waals surface area contributed by atoms with Gasteiger partial charge in [0.2, 0.25) is 0 Å². The maximum Gasteiger partial charge on any atom is 0.573 e. The zero-order chi connectivity index (χ0) is 13.1. The Bertz CT molecular complexity index is 453. The second-order valence-corrected chi connectivity index (χ2v) is 2.96. The molecule has 0 fully saturated rings. The van der Waals surface area contributed by atoms with Gasteiger partial charge >= 0.3 is 6.36 Å². The Morgan fingerprint density at radius 1 is 1.47 bits per heavy atom. The van der Waals surface area contributed by atoms with Crippen molar-refractivity contribution in [2.24, 2.45) is 5.73 Å². The van der Waals surface area contributed by atoms with Crippen LogP contribution in [-0.4, -0.2) is 11.3 Å². The predicted molar refractivity (Wildman–Crippen MR) is 48.1 cm³/mol. The fourth-order valence-corrected chi connectivity index (χ4v) is 1.11. The SMILES string of the molecule is N#CCc1nc(CN)cc(OC(F)(F)F)c1F. The molecule has 1 aromatic heterocycles. The number of hydrogen-bond donors (Lipinski definition) is 1. The molecule has 0 aromatic carbocycles. The number of pyridine rings is 1. The summed E-state index contributed by atoms with van der Waals surface area (Å²) < 4.78 is 52.8. The van der Waals surface area contributed by atoms with E-state index in [-0.39, 0.29) is 12.2 Å². The van der Waals surface area contributed by atoms with E-state index in [2.05, 4.69) is 9.72 Å². The highest BCUT2D eigenvalue weighted by Crippen LogP contribution is 2.27. The van der Waals surface area contributed by atoms with Crippen molar-refractivity contribution >= 4 is 0 Å². The largest absolute Gasteiger partial charge is 0.573 e. The van der Waals surface area contributed by atoms with E-state index in [1.54, 1.807) is 6.07 Å². The first-order valence-corrected chi connectivity index (χ1v) is 4.38. The van der Waals surface area contributed by atoms with Crippen LogP contribution in [0.5, 0.6) is 5.75 Å². The summed E-state index contributed by atoms with van der Waals surface area (Å²) in [5.74, 6) is -2.33. The van der Waals surface area contributed by atoms with Crippen molar-refractivity contribution in [3.05, 3.63) is 23.3 Å². The zero-order valence-corrected chi connectivity index (χ0v) is 8.38. The van der Waals surface area contributed by atoms with Gasteiger partial charge in [0.05, 0.1) is 23.9 Å². The molecule has 1 heterocycles. The van der Waals surface area contributed by atoms with Crippen molar-refractivity contribution in [3.63, 3.8) is 0 Å². The average Bonchev–Trinajstić information content (AvgIpc) is 2.22. The average molecular weight is 249 g/mol. The molecule has 17 heavy (non-hydrogen) atoms. The van der Waals surface area contributed by atoms with E-state index in [1.165, 1.54) is 0 Å². The molecular formula is C9H7F4N3O. The van der Waals surface area contributed by atoms with E-state index in [4.69, 9.17) is 11.0 Å². The maximum atomic E-state index is 13.4. The topological polar surface area (TPSA) is 71.9 Å². The molecule has 92 valence electrons. The highest BCUT2D eigenvalue weighted by atomic mass is 19.4. The second-order valence-electron chi connectivity index (χ2n) is 2.96. The van der Waals surface area contributed by atoms with E-state index >= 15 is 0 Å². The lowest BCUT2D eigenvalue weighted by Gasteiger charge is -2.12. The Balaban J connectivity index is 3.20. The molecule has 4 nitrogen and oxygen atoms in total. The van der Waals surface area contributed by atoms with Crippen molar-refractivity contribution in [1.82, 2.24) is 4.98 Å². The zero-order valence-electron chi connectivity index (χ0n) is 8.38. The number of nitriles is 1. The van der Waals surface area contributed by atoms with Crippen LogP contribution >= 0.6 is 0 Å². The molecular weight excluding hydrogens is 242 g/mol. The van der Waals surface area contributed by atoms with Crippen LogP contribution in [0.1, 0.15) is 11.4 Å². The molecule has 8 heteroatoms. The molecule has 0 radical (unpaired) electrons. The van der Waals surface area contributed by atoms with Gasteiger partial charge in [-0.25, -0.2) is 4.39 Å². The lowest BCUT2D eigenvalue weighted by atomic mass is 10.2. The van der Waals surface area contributed by atoms with Gasteiger partial charge in [-0.2, -0.15) is 5.26 Å². The van der Waals surface area contributed by atoms with Crippen LogP contribution in [0.15, 0.2) is 6.07 Å². The number of rotatable bonds is 3. The monoisotopic (exact) mass is 249 g/mol. The summed E-state index contributed by atoms with van der Waals surface area (Å²) >= 11 is 0.